The minimum Gasteiger partial charge on any atom is -0.263 e. The van der Waals surface area contributed by atoms with Crippen molar-refractivity contribution in [3.63, 3.8) is 0 Å². The predicted octanol–water partition coefficient (Wildman–Crippen LogP) is 0.902. The molecule has 0 aromatic heterocycles. The lowest BCUT2D eigenvalue weighted by molar-refractivity contribution is 0.591. The summed E-state index contributed by atoms with van der Waals surface area (Å²) in [4.78, 5) is 0. The summed E-state index contributed by atoms with van der Waals surface area (Å²) >= 11 is 0. The van der Waals surface area contributed by atoms with E-state index in [9.17, 15) is 21.2 Å². The van der Waals surface area contributed by atoms with Gasteiger partial charge in [-0.1, -0.05) is 0 Å². The topological polar surface area (TPSA) is 71.5 Å². The zero-order valence-electron chi connectivity index (χ0n) is 10.0. The van der Waals surface area contributed by atoms with Crippen LogP contribution in [0.4, 0.5) is 10.1 Å². The fourth-order valence-electron chi connectivity index (χ4n) is 1.92. The average Bonchev–Trinajstić information content (AvgIpc) is 2.60. The van der Waals surface area contributed by atoms with Crippen molar-refractivity contribution < 1.29 is 21.2 Å². The van der Waals surface area contributed by atoms with Gasteiger partial charge in [0.05, 0.1) is 23.7 Å². The van der Waals surface area contributed by atoms with Gasteiger partial charge in [-0.25, -0.2) is 21.2 Å². The van der Waals surface area contributed by atoms with Crippen molar-refractivity contribution in [1.82, 2.24) is 0 Å². The van der Waals surface area contributed by atoms with E-state index < -0.39 is 31.7 Å². The second kappa shape index (κ2) is 4.61. The van der Waals surface area contributed by atoms with Gasteiger partial charge in [-0.2, -0.15) is 0 Å². The van der Waals surface area contributed by atoms with Crippen molar-refractivity contribution in [2.45, 2.75) is 6.04 Å². The molecule has 19 heavy (non-hydrogen) atoms. The number of hydrogen-bond acceptors (Lipinski definition) is 4. The van der Waals surface area contributed by atoms with Crippen LogP contribution in [0.5, 0.6) is 0 Å². The van der Waals surface area contributed by atoms with Crippen LogP contribution in [-0.4, -0.2) is 34.9 Å². The van der Waals surface area contributed by atoms with E-state index in [-0.39, 0.29) is 11.4 Å². The van der Waals surface area contributed by atoms with Gasteiger partial charge in [0.2, 0.25) is 10.0 Å². The van der Waals surface area contributed by atoms with E-state index in [0.29, 0.717) is 0 Å². The lowest BCUT2D eigenvalue weighted by Crippen LogP contribution is -2.40. The summed E-state index contributed by atoms with van der Waals surface area (Å²) in [6.45, 7) is 0. The SMILES string of the molecule is CS(=O)(=O)N(c1ccc(F)cc1)[C@H]1C=CS(=O)(=O)C1. The van der Waals surface area contributed by atoms with Gasteiger partial charge in [-0.15, -0.1) is 0 Å². The molecule has 0 N–H and O–H groups in total. The molecule has 0 fully saturated rings. The molecule has 0 amide bonds. The molecule has 0 saturated heterocycles. The van der Waals surface area contributed by atoms with Crippen LogP contribution in [-0.2, 0) is 19.9 Å². The van der Waals surface area contributed by atoms with Crippen molar-refractivity contribution in [3.05, 3.63) is 41.6 Å². The van der Waals surface area contributed by atoms with E-state index in [1.165, 1.54) is 18.2 Å². The van der Waals surface area contributed by atoms with Crippen molar-refractivity contribution in [2.24, 2.45) is 0 Å². The van der Waals surface area contributed by atoms with Crippen molar-refractivity contribution >= 4 is 25.5 Å². The van der Waals surface area contributed by atoms with Gasteiger partial charge in [0.15, 0.2) is 9.84 Å². The molecule has 5 nitrogen and oxygen atoms in total. The van der Waals surface area contributed by atoms with Crippen LogP contribution in [0.2, 0.25) is 0 Å². The first-order chi connectivity index (χ1) is 8.69. The molecule has 2 rings (SSSR count). The van der Waals surface area contributed by atoms with E-state index in [4.69, 9.17) is 0 Å². The lowest BCUT2D eigenvalue weighted by Gasteiger charge is -2.27. The Balaban J connectivity index is 2.45. The number of anilines is 1. The molecule has 8 heteroatoms. The van der Waals surface area contributed by atoms with Crippen LogP contribution < -0.4 is 4.31 Å². The highest BCUT2D eigenvalue weighted by atomic mass is 32.2. The Morgan fingerprint density at radius 3 is 2.26 bits per heavy atom. The quantitative estimate of drug-likeness (QED) is 0.832. The third kappa shape index (κ3) is 3.13. The van der Waals surface area contributed by atoms with Gasteiger partial charge in [0.25, 0.3) is 0 Å². The first-order valence-corrected chi connectivity index (χ1v) is 8.91. The molecule has 1 aromatic carbocycles. The number of sulfonamides is 1. The molecule has 0 radical (unpaired) electrons. The molecule has 0 aliphatic carbocycles. The number of rotatable bonds is 3. The zero-order chi connectivity index (χ0) is 14.3. The summed E-state index contributed by atoms with van der Waals surface area (Å²) < 4.78 is 60.3. The minimum absolute atomic E-state index is 0.232. The smallest absolute Gasteiger partial charge is 0.232 e. The molecule has 0 unspecified atom stereocenters. The third-order valence-corrected chi connectivity index (χ3v) is 5.22. The van der Waals surface area contributed by atoms with Gasteiger partial charge in [-0.3, -0.25) is 4.31 Å². The summed E-state index contributed by atoms with van der Waals surface area (Å²) in [5.41, 5.74) is 0.232. The van der Waals surface area contributed by atoms with Crippen LogP contribution in [0.25, 0.3) is 0 Å². The van der Waals surface area contributed by atoms with E-state index >= 15 is 0 Å². The van der Waals surface area contributed by atoms with Crippen LogP contribution in [0.3, 0.4) is 0 Å². The Labute approximate surface area is 111 Å². The maximum atomic E-state index is 12.9. The Hall–Kier alpha value is -1.41. The number of nitrogens with zero attached hydrogens (tertiary/aromatic N) is 1. The maximum absolute atomic E-state index is 12.9. The second-order valence-corrected chi connectivity index (χ2v) is 8.05. The van der Waals surface area contributed by atoms with Crippen LogP contribution in [0.15, 0.2) is 35.7 Å². The highest BCUT2D eigenvalue weighted by Crippen LogP contribution is 2.25. The molecule has 1 atom stereocenters. The molecule has 104 valence electrons. The standard InChI is InChI=1S/C11H12FNO4S2/c1-18(14,15)13(10-4-2-9(12)3-5-10)11-6-7-19(16,17)8-11/h2-7,11H,8H2,1H3/t11-/m0/s1. The summed E-state index contributed by atoms with van der Waals surface area (Å²) in [6, 6.07) is 4.05. The zero-order valence-corrected chi connectivity index (χ0v) is 11.7. The molecular weight excluding hydrogens is 293 g/mol. The largest absolute Gasteiger partial charge is 0.263 e. The van der Waals surface area contributed by atoms with Crippen LogP contribution in [0, 0.1) is 5.82 Å². The summed E-state index contributed by atoms with van der Waals surface area (Å²) in [7, 11) is -7.05. The van der Waals surface area contributed by atoms with Crippen LogP contribution in [0.1, 0.15) is 0 Å². The highest BCUT2D eigenvalue weighted by molar-refractivity contribution is 7.95. The number of hydrogen-bond donors (Lipinski definition) is 0. The first kappa shape index (κ1) is 14.0. The Morgan fingerprint density at radius 2 is 1.84 bits per heavy atom. The van der Waals surface area contributed by atoms with E-state index in [2.05, 4.69) is 0 Å². The summed E-state index contributed by atoms with van der Waals surface area (Å²) in [5.74, 6) is -0.802. The van der Waals surface area contributed by atoms with Gasteiger partial charge >= 0.3 is 0 Å². The predicted molar refractivity (Wildman–Crippen MR) is 70.4 cm³/mol. The van der Waals surface area contributed by atoms with E-state index in [1.807, 2.05) is 0 Å². The number of halogens is 1. The van der Waals surface area contributed by atoms with Gasteiger partial charge in [0.1, 0.15) is 5.82 Å². The van der Waals surface area contributed by atoms with Crippen LogP contribution >= 0.6 is 0 Å². The normalized spacial score (nSPS) is 21.5. The van der Waals surface area contributed by atoms with E-state index in [0.717, 1.165) is 28.1 Å². The average molecular weight is 305 g/mol. The Bertz CT molecular complexity index is 708. The van der Waals surface area contributed by atoms with Crippen molar-refractivity contribution in [1.29, 1.82) is 0 Å². The fraction of sp³-hybridized carbons (Fsp3) is 0.273. The second-order valence-electron chi connectivity index (χ2n) is 4.26. The molecule has 1 aromatic rings. The lowest BCUT2D eigenvalue weighted by atomic mass is 10.2. The van der Waals surface area contributed by atoms with Gasteiger partial charge in [-0.05, 0) is 30.3 Å². The summed E-state index contributed by atoms with van der Waals surface area (Å²) in [6.07, 6.45) is 2.30. The molecule has 1 heterocycles. The molecule has 0 bridgehead atoms. The third-order valence-electron chi connectivity index (χ3n) is 2.65. The Kier molecular flexibility index (Phi) is 3.40. The number of benzene rings is 1. The van der Waals surface area contributed by atoms with Crippen molar-refractivity contribution in [3.8, 4) is 0 Å². The highest BCUT2D eigenvalue weighted by Gasteiger charge is 2.32. The summed E-state index contributed by atoms with van der Waals surface area (Å²) in [5, 5.41) is 0.999. The van der Waals surface area contributed by atoms with E-state index in [1.54, 1.807) is 0 Å². The first-order valence-electron chi connectivity index (χ1n) is 5.35. The molecule has 1 aliphatic heterocycles. The Morgan fingerprint density at radius 1 is 1.26 bits per heavy atom. The fourth-order valence-corrected chi connectivity index (χ4v) is 4.43. The van der Waals surface area contributed by atoms with Gasteiger partial charge < -0.3 is 0 Å². The monoisotopic (exact) mass is 305 g/mol. The van der Waals surface area contributed by atoms with Crippen molar-refractivity contribution in [2.75, 3.05) is 16.3 Å². The molecular formula is C11H12FNO4S2. The number of sulfone groups is 1. The molecule has 0 saturated carbocycles. The maximum Gasteiger partial charge on any atom is 0.232 e. The minimum atomic E-state index is -3.67. The van der Waals surface area contributed by atoms with Gasteiger partial charge in [0, 0.05) is 5.41 Å². The molecule has 1 aliphatic rings. The molecule has 0 spiro atoms.